The fourth-order valence-electron chi connectivity index (χ4n) is 1.53. The minimum absolute atomic E-state index is 0.235. The van der Waals surface area contributed by atoms with Gasteiger partial charge in [0.15, 0.2) is 0 Å². The van der Waals surface area contributed by atoms with Gasteiger partial charge in [0.25, 0.3) is 0 Å². The predicted octanol–water partition coefficient (Wildman–Crippen LogP) is 3.91. The lowest BCUT2D eigenvalue weighted by molar-refractivity contribution is 0.475. The quantitative estimate of drug-likeness (QED) is 0.513. The third-order valence-corrected chi connectivity index (χ3v) is 4.24. The molecule has 0 radical (unpaired) electrons. The van der Waals surface area contributed by atoms with Crippen LogP contribution in [0.4, 0.5) is 0 Å². The first-order valence-electron chi connectivity index (χ1n) is 5.10. The van der Waals surface area contributed by atoms with E-state index < -0.39 is 0 Å². The number of hydrogen-bond acceptors (Lipinski definition) is 4. The highest BCUT2D eigenvalue weighted by atomic mass is 35.5. The van der Waals surface area contributed by atoms with E-state index in [1.807, 2.05) is 11.4 Å². The molecule has 3 N–H and O–H groups in total. The third kappa shape index (κ3) is 2.61. The number of benzene rings is 1. The summed E-state index contributed by atoms with van der Waals surface area (Å²) in [6.45, 7) is 0. The van der Waals surface area contributed by atoms with Crippen molar-refractivity contribution in [2.24, 2.45) is 10.9 Å². The van der Waals surface area contributed by atoms with E-state index in [1.54, 1.807) is 18.3 Å². The molecule has 6 heteroatoms. The Bertz CT molecular complexity index is 596. The molecule has 18 heavy (non-hydrogen) atoms. The van der Waals surface area contributed by atoms with Crippen LogP contribution in [-0.2, 0) is 6.42 Å². The van der Waals surface area contributed by atoms with Crippen molar-refractivity contribution in [1.29, 1.82) is 0 Å². The summed E-state index contributed by atoms with van der Waals surface area (Å²) in [5.74, 6) is 5.27. The summed E-state index contributed by atoms with van der Waals surface area (Å²) in [6.07, 6.45) is 2.04. The summed E-state index contributed by atoms with van der Waals surface area (Å²) in [5, 5.41) is 16.3. The summed E-state index contributed by atoms with van der Waals surface area (Å²) in [6, 6.07) is 5.26. The maximum atomic E-state index is 10.1. The zero-order chi connectivity index (χ0) is 13.1. The van der Waals surface area contributed by atoms with E-state index in [0.717, 1.165) is 16.0 Å². The summed E-state index contributed by atoms with van der Waals surface area (Å²) in [4.78, 5) is 0.758. The van der Waals surface area contributed by atoms with Crippen LogP contribution in [0.15, 0.2) is 28.7 Å². The van der Waals surface area contributed by atoms with E-state index >= 15 is 0 Å². The third-order valence-electron chi connectivity index (χ3n) is 2.44. The molecule has 94 valence electrons. The van der Waals surface area contributed by atoms with Crippen LogP contribution < -0.4 is 5.84 Å². The molecule has 0 spiro atoms. The van der Waals surface area contributed by atoms with Crippen LogP contribution in [0.3, 0.4) is 0 Å². The fraction of sp³-hybridized carbons (Fsp3) is 0.0833. The van der Waals surface area contributed by atoms with Crippen LogP contribution in [0.2, 0.25) is 10.0 Å². The van der Waals surface area contributed by atoms with E-state index in [1.165, 1.54) is 11.3 Å². The lowest BCUT2D eigenvalue weighted by Crippen LogP contribution is -1.87. The second kappa shape index (κ2) is 5.61. The van der Waals surface area contributed by atoms with Crippen molar-refractivity contribution < 1.29 is 5.11 Å². The van der Waals surface area contributed by atoms with Crippen LogP contribution in [0.5, 0.6) is 5.75 Å². The number of hydrogen-bond donors (Lipinski definition) is 2. The number of aromatic hydroxyl groups is 1. The Labute approximate surface area is 118 Å². The SMILES string of the molecule is NN=CCc1csc(-c2ccc(Cl)c(Cl)c2)c1O. The molecule has 0 atom stereocenters. The molecule has 2 aromatic rings. The van der Waals surface area contributed by atoms with Gasteiger partial charge in [-0.3, -0.25) is 0 Å². The van der Waals surface area contributed by atoms with E-state index in [4.69, 9.17) is 29.0 Å². The fourth-order valence-corrected chi connectivity index (χ4v) is 2.80. The van der Waals surface area contributed by atoms with Gasteiger partial charge in [-0.05, 0) is 23.1 Å². The molecule has 1 aromatic carbocycles. The summed E-state index contributed by atoms with van der Waals surface area (Å²) in [5.41, 5.74) is 1.62. The smallest absolute Gasteiger partial charge is 0.137 e. The van der Waals surface area contributed by atoms with Crippen LogP contribution >= 0.6 is 34.5 Å². The largest absolute Gasteiger partial charge is 0.506 e. The first-order chi connectivity index (χ1) is 8.63. The predicted molar refractivity (Wildman–Crippen MR) is 77.8 cm³/mol. The van der Waals surface area contributed by atoms with Crippen molar-refractivity contribution in [3.8, 4) is 16.2 Å². The number of nitrogens with zero attached hydrogens (tertiary/aromatic N) is 1. The lowest BCUT2D eigenvalue weighted by atomic mass is 10.1. The topological polar surface area (TPSA) is 58.6 Å². The molecular formula is C12H10Cl2N2OS. The lowest BCUT2D eigenvalue weighted by Gasteiger charge is -2.02. The van der Waals surface area contributed by atoms with Crippen LogP contribution in [0.1, 0.15) is 5.56 Å². The van der Waals surface area contributed by atoms with Crippen molar-refractivity contribution in [3.05, 3.63) is 39.2 Å². The first kappa shape index (κ1) is 13.2. The minimum Gasteiger partial charge on any atom is -0.506 e. The van der Waals surface area contributed by atoms with Gasteiger partial charge in [-0.2, -0.15) is 5.10 Å². The average molecular weight is 301 g/mol. The van der Waals surface area contributed by atoms with Crippen molar-refractivity contribution in [2.45, 2.75) is 6.42 Å². The van der Waals surface area contributed by atoms with Gasteiger partial charge in [-0.25, -0.2) is 0 Å². The summed E-state index contributed by atoms with van der Waals surface area (Å²) >= 11 is 13.3. The Morgan fingerprint density at radius 1 is 1.33 bits per heavy atom. The molecule has 0 aliphatic rings. The molecule has 0 saturated heterocycles. The normalized spacial score (nSPS) is 11.2. The van der Waals surface area contributed by atoms with Gasteiger partial charge in [0, 0.05) is 18.2 Å². The zero-order valence-electron chi connectivity index (χ0n) is 9.23. The van der Waals surface area contributed by atoms with E-state index in [0.29, 0.717) is 16.5 Å². The van der Waals surface area contributed by atoms with Gasteiger partial charge in [-0.15, -0.1) is 11.3 Å². The monoisotopic (exact) mass is 300 g/mol. The van der Waals surface area contributed by atoms with Crippen LogP contribution in [0, 0.1) is 0 Å². The Kier molecular flexibility index (Phi) is 4.11. The van der Waals surface area contributed by atoms with Crippen molar-refractivity contribution in [1.82, 2.24) is 0 Å². The highest BCUT2D eigenvalue weighted by molar-refractivity contribution is 7.14. The minimum atomic E-state index is 0.235. The van der Waals surface area contributed by atoms with Crippen molar-refractivity contribution in [3.63, 3.8) is 0 Å². The highest BCUT2D eigenvalue weighted by Gasteiger charge is 2.12. The molecule has 2 rings (SSSR count). The zero-order valence-corrected chi connectivity index (χ0v) is 11.6. The number of nitrogens with two attached hydrogens (primary N) is 1. The van der Waals surface area contributed by atoms with Crippen LogP contribution in [-0.4, -0.2) is 11.3 Å². The van der Waals surface area contributed by atoms with Gasteiger partial charge < -0.3 is 10.9 Å². The summed E-state index contributed by atoms with van der Waals surface area (Å²) in [7, 11) is 0. The maximum Gasteiger partial charge on any atom is 0.137 e. The Morgan fingerprint density at radius 3 is 2.78 bits per heavy atom. The van der Waals surface area contributed by atoms with E-state index in [2.05, 4.69) is 5.10 Å². The number of hydrazone groups is 1. The van der Waals surface area contributed by atoms with Gasteiger partial charge >= 0.3 is 0 Å². The molecule has 0 amide bonds. The molecule has 0 unspecified atom stereocenters. The van der Waals surface area contributed by atoms with Gasteiger partial charge in [0.2, 0.25) is 0 Å². The molecule has 0 fully saturated rings. The molecule has 3 nitrogen and oxygen atoms in total. The second-order valence-electron chi connectivity index (χ2n) is 3.60. The molecule has 0 saturated carbocycles. The van der Waals surface area contributed by atoms with Crippen molar-refractivity contribution >= 4 is 40.8 Å². The van der Waals surface area contributed by atoms with Crippen molar-refractivity contribution in [2.75, 3.05) is 0 Å². The number of halogens is 2. The second-order valence-corrected chi connectivity index (χ2v) is 5.30. The molecule has 1 aromatic heterocycles. The van der Waals surface area contributed by atoms with Gasteiger partial charge in [0.1, 0.15) is 5.75 Å². The molecule has 0 aliphatic carbocycles. The standard InChI is InChI=1S/C12H10Cl2N2OS/c13-9-2-1-7(5-10(9)14)12-11(17)8(6-18-12)3-4-16-15/h1-2,4-6,17H,3,15H2. The molecule has 0 aliphatic heterocycles. The Balaban J connectivity index is 2.39. The highest BCUT2D eigenvalue weighted by Crippen LogP contribution is 2.40. The van der Waals surface area contributed by atoms with Crippen LogP contribution in [0.25, 0.3) is 10.4 Å². The van der Waals surface area contributed by atoms with E-state index in [-0.39, 0.29) is 5.75 Å². The Hall–Kier alpha value is -1.23. The van der Waals surface area contributed by atoms with Gasteiger partial charge in [-0.1, -0.05) is 29.3 Å². The average Bonchev–Trinajstić information content (AvgIpc) is 2.72. The number of thiophene rings is 1. The molecule has 1 heterocycles. The number of rotatable bonds is 3. The summed E-state index contributed by atoms with van der Waals surface area (Å²) < 4.78 is 0. The van der Waals surface area contributed by atoms with E-state index in [9.17, 15) is 5.11 Å². The Morgan fingerprint density at radius 2 is 2.11 bits per heavy atom. The molecule has 0 bridgehead atoms. The first-order valence-corrected chi connectivity index (χ1v) is 6.73. The molecular weight excluding hydrogens is 291 g/mol. The maximum absolute atomic E-state index is 10.1. The van der Waals surface area contributed by atoms with Gasteiger partial charge in [0.05, 0.1) is 14.9 Å².